The molecule has 0 unspecified atom stereocenters. The lowest BCUT2D eigenvalue weighted by molar-refractivity contribution is -0.126. The Kier molecular flexibility index (Phi) is 7.31. The van der Waals surface area contributed by atoms with Crippen molar-refractivity contribution in [3.63, 3.8) is 0 Å². The van der Waals surface area contributed by atoms with Crippen LogP contribution in [-0.2, 0) is 9.59 Å². The largest absolute Gasteiger partial charge is 0.299 e. The van der Waals surface area contributed by atoms with Crippen molar-refractivity contribution in [2.24, 2.45) is 10.8 Å². The van der Waals surface area contributed by atoms with Gasteiger partial charge in [-0.3, -0.25) is 9.59 Å². The van der Waals surface area contributed by atoms with Crippen LogP contribution in [-0.4, -0.2) is 21.1 Å². The van der Waals surface area contributed by atoms with Gasteiger partial charge in [-0.05, 0) is 54.4 Å². The zero-order chi connectivity index (χ0) is 18.0. The number of carbonyl (C=O) groups is 2. The minimum absolute atomic E-state index is 0.0114. The molecule has 0 rings (SSSR count). The topological polar surface area (TPSA) is 34.1 Å². The molecular weight excluding hydrogens is 312 g/mol. The summed E-state index contributed by atoms with van der Waals surface area (Å²) in [6, 6.07) is 0. The Morgan fingerprint density at radius 1 is 0.636 bits per heavy atom. The summed E-state index contributed by atoms with van der Waals surface area (Å²) in [5.74, 6) is 0.478. The molecule has 0 aromatic rings. The second-order valence-corrected chi connectivity index (χ2v) is 12.5. The van der Waals surface area contributed by atoms with Crippen molar-refractivity contribution in [3.8, 4) is 0 Å². The van der Waals surface area contributed by atoms with Crippen molar-refractivity contribution in [2.45, 2.75) is 91.6 Å². The molecule has 130 valence electrons. The zero-order valence-electron chi connectivity index (χ0n) is 16.0. The Hall–Kier alpha value is 0.0400. The van der Waals surface area contributed by atoms with E-state index in [0.717, 1.165) is 12.8 Å². The Morgan fingerprint density at radius 2 is 0.864 bits per heavy atom. The standard InChI is InChI=1S/C18H34O2S2/c1-13(19)15(3,4)11-17(7,8)21-22-18(9,10)12-16(5,6)14(2)20/h11-12H2,1-10H3. The second kappa shape index (κ2) is 7.29. The smallest absolute Gasteiger partial charge is 0.135 e. The van der Waals surface area contributed by atoms with Crippen LogP contribution >= 0.6 is 21.6 Å². The van der Waals surface area contributed by atoms with Gasteiger partial charge in [0.05, 0.1) is 0 Å². The highest BCUT2D eigenvalue weighted by Gasteiger charge is 2.37. The molecule has 0 atom stereocenters. The average Bonchev–Trinajstić information content (AvgIpc) is 2.23. The van der Waals surface area contributed by atoms with Crippen molar-refractivity contribution < 1.29 is 9.59 Å². The maximum atomic E-state index is 11.8. The van der Waals surface area contributed by atoms with E-state index in [1.165, 1.54) is 0 Å². The SMILES string of the molecule is CC(=O)C(C)(C)CC(C)(C)SSC(C)(C)CC(C)(C)C(C)=O. The highest BCUT2D eigenvalue weighted by Crippen LogP contribution is 2.51. The van der Waals surface area contributed by atoms with Crippen molar-refractivity contribution in [3.05, 3.63) is 0 Å². The van der Waals surface area contributed by atoms with Gasteiger partial charge in [-0.2, -0.15) is 0 Å². The first kappa shape index (κ1) is 22.0. The van der Waals surface area contributed by atoms with Gasteiger partial charge in [-0.15, -0.1) is 0 Å². The maximum Gasteiger partial charge on any atom is 0.135 e. The van der Waals surface area contributed by atoms with Gasteiger partial charge in [0.15, 0.2) is 0 Å². The Morgan fingerprint density at radius 3 is 1.05 bits per heavy atom. The van der Waals surface area contributed by atoms with Crippen molar-refractivity contribution in [1.82, 2.24) is 0 Å². The monoisotopic (exact) mass is 346 g/mol. The number of Topliss-reactive ketones (excluding diaryl/α,β-unsaturated/α-hetero) is 2. The Bertz CT molecular complexity index is 381. The summed E-state index contributed by atoms with van der Waals surface area (Å²) in [5.41, 5.74) is -0.584. The third-order valence-corrected chi connectivity index (χ3v) is 8.37. The molecule has 0 aliphatic heterocycles. The molecule has 0 bridgehead atoms. The molecule has 0 aromatic heterocycles. The fourth-order valence-electron chi connectivity index (χ4n) is 2.66. The zero-order valence-corrected chi connectivity index (χ0v) is 17.7. The van der Waals surface area contributed by atoms with Gasteiger partial charge in [-0.25, -0.2) is 0 Å². The van der Waals surface area contributed by atoms with Crippen molar-refractivity contribution in [1.29, 1.82) is 0 Å². The Labute approximate surface area is 145 Å². The number of rotatable bonds is 9. The molecule has 0 amide bonds. The van der Waals surface area contributed by atoms with Gasteiger partial charge < -0.3 is 0 Å². The van der Waals surface area contributed by atoms with Crippen LogP contribution in [0.15, 0.2) is 0 Å². The summed E-state index contributed by atoms with van der Waals surface area (Å²) >= 11 is 0. The maximum absolute atomic E-state index is 11.8. The molecule has 0 aromatic carbocycles. The molecule has 22 heavy (non-hydrogen) atoms. The normalized spacial score (nSPS) is 14.1. The lowest BCUT2D eigenvalue weighted by Crippen LogP contribution is -2.33. The van der Waals surface area contributed by atoms with Crippen molar-refractivity contribution in [2.75, 3.05) is 0 Å². The van der Waals surface area contributed by atoms with Gasteiger partial charge in [0.2, 0.25) is 0 Å². The van der Waals surface area contributed by atoms with Gasteiger partial charge in [-0.1, -0.05) is 49.3 Å². The van der Waals surface area contributed by atoms with Gasteiger partial charge >= 0.3 is 0 Å². The van der Waals surface area contributed by atoms with Crippen LogP contribution < -0.4 is 0 Å². The first-order chi connectivity index (χ1) is 9.51. The van der Waals surface area contributed by atoms with Crippen LogP contribution in [0.3, 0.4) is 0 Å². The fraction of sp³-hybridized carbons (Fsp3) is 0.889. The first-order valence-electron chi connectivity index (χ1n) is 7.90. The number of hydrogen-bond acceptors (Lipinski definition) is 4. The lowest BCUT2D eigenvalue weighted by Gasteiger charge is -2.37. The number of ketones is 2. The summed E-state index contributed by atoms with van der Waals surface area (Å²) in [6.45, 7) is 20.2. The second-order valence-electron chi connectivity index (χ2n) is 8.92. The molecule has 0 N–H and O–H groups in total. The van der Waals surface area contributed by atoms with Crippen LogP contribution in [0, 0.1) is 10.8 Å². The van der Waals surface area contributed by atoms with E-state index >= 15 is 0 Å². The van der Waals surface area contributed by atoms with Crippen LogP contribution in [0.5, 0.6) is 0 Å². The molecule has 0 saturated carbocycles. The first-order valence-corrected chi connectivity index (χ1v) is 10.0. The van der Waals surface area contributed by atoms with E-state index in [1.807, 2.05) is 49.3 Å². The van der Waals surface area contributed by atoms with Crippen LogP contribution in [0.25, 0.3) is 0 Å². The molecule has 4 heteroatoms. The van der Waals surface area contributed by atoms with E-state index in [4.69, 9.17) is 0 Å². The fourth-order valence-corrected chi connectivity index (χ4v) is 5.66. The van der Waals surface area contributed by atoms with Gasteiger partial charge in [0.25, 0.3) is 0 Å². The van der Waals surface area contributed by atoms with Gasteiger partial charge in [0, 0.05) is 20.3 Å². The molecule has 0 fully saturated rings. The predicted molar refractivity (Wildman–Crippen MR) is 101 cm³/mol. The molecule has 0 spiro atoms. The van der Waals surface area contributed by atoms with Crippen molar-refractivity contribution >= 4 is 33.2 Å². The third kappa shape index (κ3) is 7.54. The quantitative estimate of drug-likeness (QED) is 0.484. The van der Waals surface area contributed by atoms with E-state index < -0.39 is 0 Å². The molecule has 0 aliphatic carbocycles. The van der Waals surface area contributed by atoms with E-state index in [1.54, 1.807) is 13.8 Å². The third-order valence-electron chi connectivity index (χ3n) is 4.13. The molecule has 0 saturated heterocycles. The predicted octanol–water partition coefficient (Wildman–Crippen LogP) is 5.94. The summed E-state index contributed by atoms with van der Waals surface area (Å²) in [4.78, 5) is 23.5. The van der Waals surface area contributed by atoms with Crippen LogP contribution in [0.4, 0.5) is 0 Å². The highest BCUT2D eigenvalue weighted by atomic mass is 33.1. The van der Waals surface area contributed by atoms with E-state index in [-0.39, 0.29) is 31.9 Å². The highest BCUT2D eigenvalue weighted by molar-refractivity contribution is 8.77. The minimum atomic E-state index is -0.292. The molecule has 0 heterocycles. The lowest BCUT2D eigenvalue weighted by atomic mass is 9.80. The Balaban J connectivity index is 4.77. The van der Waals surface area contributed by atoms with E-state index in [2.05, 4.69) is 27.7 Å². The summed E-state index contributed by atoms with van der Waals surface area (Å²) in [5, 5.41) is 0. The molecular formula is C18H34O2S2. The van der Waals surface area contributed by atoms with E-state index in [9.17, 15) is 9.59 Å². The summed E-state index contributed by atoms with van der Waals surface area (Å²) < 4.78 is 0.0228. The summed E-state index contributed by atoms with van der Waals surface area (Å²) in [7, 11) is 3.67. The molecule has 0 radical (unpaired) electrons. The average molecular weight is 347 g/mol. The van der Waals surface area contributed by atoms with Crippen LogP contribution in [0.1, 0.15) is 82.1 Å². The van der Waals surface area contributed by atoms with Gasteiger partial charge in [0.1, 0.15) is 11.6 Å². The number of hydrogen-bond donors (Lipinski definition) is 0. The van der Waals surface area contributed by atoms with Crippen LogP contribution in [0.2, 0.25) is 0 Å². The van der Waals surface area contributed by atoms with E-state index in [0.29, 0.717) is 0 Å². The summed E-state index contributed by atoms with van der Waals surface area (Å²) in [6.07, 6.45) is 1.69. The molecule has 2 nitrogen and oxygen atoms in total. The minimum Gasteiger partial charge on any atom is -0.299 e. The number of carbonyl (C=O) groups excluding carboxylic acids is 2. The molecule has 0 aliphatic rings.